The van der Waals surface area contributed by atoms with E-state index in [-0.39, 0.29) is 11.7 Å². The van der Waals surface area contributed by atoms with Gasteiger partial charge in [-0.3, -0.25) is 4.99 Å². The van der Waals surface area contributed by atoms with Crippen LogP contribution in [0.2, 0.25) is 0 Å². The van der Waals surface area contributed by atoms with Gasteiger partial charge >= 0.3 is 0 Å². The summed E-state index contributed by atoms with van der Waals surface area (Å²) in [5.41, 5.74) is 17.2. The minimum Gasteiger partial charge on any atom is -0.404 e. The minimum absolute atomic E-state index is 0.216. The summed E-state index contributed by atoms with van der Waals surface area (Å²) in [6, 6.07) is 9.22. The van der Waals surface area contributed by atoms with E-state index in [0.717, 1.165) is 34.0 Å². The molecule has 1 unspecified atom stereocenters. The first kappa shape index (κ1) is 20.4. The lowest BCUT2D eigenvalue weighted by molar-refractivity contribution is 0.581. The van der Waals surface area contributed by atoms with Gasteiger partial charge in [-0.1, -0.05) is 12.1 Å². The average Bonchev–Trinajstić information content (AvgIpc) is 2.87. The van der Waals surface area contributed by atoms with E-state index in [2.05, 4.69) is 15.6 Å². The van der Waals surface area contributed by atoms with Crippen LogP contribution >= 0.6 is 0 Å². The molecular formula is C22H25F2N5. The molecule has 7 heteroatoms. The Morgan fingerprint density at radius 3 is 2.69 bits per heavy atom. The van der Waals surface area contributed by atoms with Crippen LogP contribution in [0.25, 0.3) is 11.3 Å². The summed E-state index contributed by atoms with van der Waals surface area (Å²) >= 11 is 0. The number of nitrogens with zero attached hydrogens (tertiary/aromatic N) is 1. The van der Waals surface area contributed by atoms with E-state index < -0.39 is 11.6 Å². The zero-order valence-electron chi connectivity index (χ0n) is 16.5. The van der Waals surface area contributed by atoms with Gasteiger partial charge in [0.25, 0.3) is 0 Å². The Labute approximate surface area is 169 Å². The number of nitrogens with two attached hydrogens (primary N) is 2. The number of halogens is 2. The van der Waals surface area contributed by atoms with Crippen LogP contribution in [0, 0.1) is 11.6 Å². The fraction of sp³-hybridized carbons (Fsp3) is 0.227. The van der Waals surface area contributed by atoms with E-state index in [4.69, 9.17) is 11.5 Å². The summed E-state index contributed by atoms with van der Waals surface area (Å²) in [6.45, 7) is 2.48. The molecular weight excluding hydrogens is 372 g/mol. The van der Waals surface area contributed by atoms with Gasteiger partial charge < -0.3 is 22.1 Å². The number of nitrogens with one attached hydrogen (secondary N) is 2. The highest BCUT2D eigenvalue weighted by Gasteiger charge is 2.23. The highest BCUT2D eigenvalue weighted by Crippen LogP contribution is 2.34. The summed E-state index contributed by atoms with van der Waals surface area (Å²) < 4.78 is 27.6. The molecule has 0 fully saturated rings. The van der Waals surface area contributed by atoms with Crippen LogP contribution in [0.15, 0.2) is 53.3 Å². The molecule has 1 aliphatic rings. The molecule has 2 aromatic carbocycles. The molecule has 0 radical (unpaired) electrons. The predicted molar refractivity (Wildman–Crippen MR) is 115 cm³/mol. The van der Waals surface area contributed by atoms with Gasteiger partial charge in [-0.15, -0.1) is 0 Å². The molecule has 1 aliphatic heterocycles. The van der Waals surface area contributed by atoms with Crippen molar-refractivity contribution in [3.8, 4) is 0 Å². The van der Waals surface area contributed by atoms with Crippen molar-refractivity contribution < 1.29 is 8.78 Å². The summed E-state index contributed by atoms with van der Waals surface area (Å²) in [5, 5.41) is 6.58. The van der Waals surface area contributed by atoms with Crippen LogP contribution in [0.4, 0.5) is 14.5 Å². The highest BCUT2D eigenvalue weighted by atomic mass is 19.1. The molecule has 6 N–H and O–H groups in total. The van der Waals surface area contributed by atoms with E-state index in [1.54, 1.807) is 13.3 Å². The lowest BCUT2D eigenvalue weighted by atomic mass is 9.92. The maximum atomic E-state index is 14.3. The van der Waals surface area contributed by atoms with Crippen molar-refractivity contribution in [2.75, 3.05) is 18.9 Å². The molecule has 1 heterocycles. The number of anilines is 1. The number of allylic oxidation sites excluding steroid dienone is 2. The SMILES string of the molecule is CN=CC(=CN)c1ccc2c(c1)C(Nc1ccc(F)cc1F)CCN/C2=C(/C)N. The number of rotatable bonds is 4. The predicted octanol–water partition coefficient (Wildman–Crippen LogP) is 3.76. The number of hydrogen-bond donors (Lipinski definition) is 4. The summed E-state index contributed by atoms with van der Waals surface area (Å²) in [5.74, 6) is -1.25. The van der Waals surface area contributed by atoms with E-state index in [1.165, 1.54) is 18.3 Å². The molecule has 0 spiro atoms. The molecule has 1 atom stereocenters. The third kappa shape index (κ3) is 4.39. The van der Waals surface area contributed by atoms with Crippen molar-refractivity contribution in [3.05, 3.63) is 76.6 Å². The second-order valence-electron chi connectivity index (χ2n) is 6.91. The van der Waals surface area contributed by atoms with Crippen molar-refractivity contribution in [3.63, 3.8) is 0 Å². The smallest absolute Gasteiger partial charge is 0.149 e. The fourth-order valence-electron chi connectivity index (χ4n) is 3.50. The van der Waals surface area contributed by atoms with Gasteiger partial charge in [-0.25, -0.2) is 8.78 Å². The number of aliphatic imine (C=N–C) groups is 1. The molecule has 152 valence electrons. The molecule has 3 rings (SSSR count). The van der Waals surface area contributed by atoms with Gasteiger partial charge in [0.2, 0.25) is 0 Å². The number of benzene rings is 2. The Kier molecular flexibility index (Phi) is 6.16. The van der Waals surface area contributed by atoms with Crippen molar-refractivity contribution in [1.82, 2.24) is 5.32 Å². The largest absolute Gasteiger partial charge is 0.404 e. The normalized spacial score (nSPS) is 18.8. The molecule has 0 amide bonds. The van der Waals surface area contributed by atoms with E-state index in [9.17, 15) is 8.78 Å². The first-order valence-corrected chi connectivity index (χ1v) is 9.35. The fourth-order valence-corrected chi connectivity index (χ4v) is 3.50. The Morgan fingerprint density at radius 2 is 2.03 bits per heavy atom. The van der Waals surface area contributed by atoms with E-state index in [1.807, 2.05) is 25.1 Å². The first-order valence-electron chi connectivity index (χ1n) is 9.35. The molecule has 0 saturated carbocycles. The van der Waals surface area contributed by atoms with Gasteiger partial charge in [0.15, 0.2) is 0 Å². The first-order chi connectivity index (χ1) is 13.9. The molecule has 0 aliphatic carbocycles. The second-order valence-corrected chi connectivity index (χ2v) is 6.91. The summed E-state index contributed by atoms with van der Waals surface area (Å²) in [6.07, 6.45) is 3.86. The number of fused-ring (bicyclic) bond motifs is 1. The third-order valence-corrected chi connectivity index (χ3v) is 4.87. The Balaban J connectivity index is 2.11. The Morgan fingerprint density at radius 1 is 1.24 bits per heavy atom. The standard InChI is InChI=1S/C22H25F2N5/c1-13(26)22-17-5-3-14(15(11-25)12-27-2)9-18(17)20(7-8-28-22)29-21-6-4-16(23)10-19(21)24/h3-6,9-12,20,28-29H,7-8,25-26H2,1-2H3/b15-11?,22-13-,27-12?. The van der Waals surface area contributed by atoms with Crippen molar-refractivity contribution in [2.45, 2.75) is 19.4 Å². The van der Waals surface area contributed by atoms with Crippen molar-refractivity contribution >= 4 is 23.2 Å². The number of hydrogen-bond acceptors (Lipinski definition) is 5. The zero-order valence-corrected chi connectivity index (χ0v) is 16.5. The molecule has 29 heavy (non-hydrogen) atoms. The Hall–Kier alpha value is -3.35. The summed E-state index contributed by atoms with van der Waals surface area (Å²) in [4.78, 5) is 4.05. The van der Waals surface area contributed by atoms with Crippen LogP contribution in [-0.2, 0) is 0 Å². The van der Waals surface area contributed by atoms with Crippen molar-refractivity contribution in [1.29, 1.82) is 0 Å². The quantitative estimate of drug-likeness (QED) is 0.592. The van der Waals surface area contributed by atoms with Gasteiger partial charge in [0.1, 0.15) is 11.6 Å². The topological polar surface area (TPSA) is 88.5 Å². The lowest BCUT2D eigenvalue weighted by Gasteiger charge is -2.22. The highest BCUT2D eigenvalue weighted by molar-refractivity contribution is 6.09. The minimum atomic E-state index is -0.633. The molecule has 0 saturated heterocycles. The van der Waals surface area contributed by atoms with E-state index >= 15 is 0 Å². The Bertz CT molecular complexity index is 991. The maximum absolute atomic E-state index is 14.3. The lowest BCUT2D eigenvalue weighted by Crippen LogP contribution is -2.17. The maximum Gasteiger partial charge on any atom is 0.149 e. The molecule has 2 aromatic rings. The molecule has 0 aromatic heterocycles. The van der Waals surface area contributed by atoms with Gasteiger partial charge in [-0.05, 0) is 42.7 Å². The average molecular weight is 397 g/mol. The van der Waals surface area contributed by atoms with Gasteiger partial charge in [-0.2, -0.15) is 0 Å². The van der Waals surface area contributed by atoms with Crippen molar-refractivity contribution in [2.24, 2.45) is 16.5 Å². The van der Waals surface area contributed by atoms with Gasteiger partial charge in [0.05, 0.1) is 17.4 Å². The monoisotopic (exact) mass is 397 g/mol. The summed E-state index contributed by atoms with van der Waals surface area (Å²) in [7, 11) is 1.68. The van der Waals surface area contributed by atoms with Crippen LogP contribution < -0.4 is 22.1 Å². The van der Waals surface area contributed by atoms with Crippen LogP contribution in [0.5, 0.6) is 0 Å². The zero-order chi connectivity index (χ0) is 21.0. The van der Waals surface area contributed by atoms with Crippen LogP contribution in [0.1, 0.15) is 36.1 Å². The van der Waals surface area contributed by atoms with E-state index in [0.29, 0.717) is 18.7 Å². The van der Waals surface area contributed by atoms with Crippen LogP contribution in [0.3, 0.4) is 0 Å². The second kappa shape index (κ2) is 8.77. The van der Waals surface area contributed by atoms with Crippen LogP contribution in [-0.4, -0.2) is 19.8 Å². The third-order valence-electron chi connectivity index (χ3n) is 4.87. The van der Waals surface area contributed by atoms with Gasteiger partial charge in [0, 0.05) is 48.9 Å². The molecule has 5 nitrogen and oxygen atoms in total. The molecule has 0 bridgehead atoms.